The van der Waals surface area contributed by atoms with Crippen LogP contribution in [0.2, 0.25) is 0 Å². The van der Waals surface area contributed by atoms with Crippen LogP contribution in [0.5, 0.6) is 0 Å². The molecule has 1 atom stereocenters. The van der Waals surface area contributed by atoms with E-state index in [0.717, 1.165) is 4.88 Å². The Morgan fingerprint density at radius 3 is 2.73 bits per heavy atom. The van der Waals surface area contributed by atoms with Crippen LogP contribution < -0.4 is 5.32 Å². The first-order chi connectivity index (χ1) is 10.5. The summed E-state index contributed by atoms with van der Waals surface area (Å²) in [6.07, 6.45) is 1.71. The molecule has 2 aromatic rings. The minimum absolute atomic E-state index is 0.0582. The predicted octanol–water partition coefficient (Wildman–Crippen LogP) is 3.11. The molecule has 2 rings (SSSR count). The minimum Gasteiger partial charge on any atom is -0.481 e. The highest BCUT2D eigenvalue weighted by Gasteiger charge is 2.21. The first kappa shape index (κ1) is 16.2. The number of nitrogens with zero attached hydrogens (tertiary/aromatic N) is 2. The molecule has 2 heterocycles. The van der Waals surface area contributed by atoms with E-state index < -0.39 is 5.97 Å². The molecule has 0 fully saturated rings. The fourth-order valence-corrected chi connectivity index (χ4v) is 3.08. The Morgan fingerprint density at radius 1 is 1.36 bits per heavy atom. The van der Waals surface area contributed by atoms with E-state index in [0.29, 0.717) is 5.82 Å². The van der Waals surface area contributed by atoms with Crippen LogP contribution in [0.15, 0.2) is 29.8 Å². The van der Waals surface area contributed by atoms with E-state index in [2.05, 4.69) is 10.4 Å². The number of anilines is 1. The molecule has 0 radical (unpaired) electrons. The van der Waals surface area contributed by atoms with Gasteiger partial charge >= 0.3 is 5.97 Å². The average Bonchev–Trinajstić information content (AvgIpc) is 3.07. The van der Waals surface area contributed by atoms with Crippen LogP contribution in [0.3, 0.4) is 0 Å². The molecule has 2 N–H and O–H groups in total. The SMILES string of the molecule is CC(C)n1nccc1NC(=O)CC(CC(=O)O)c1cccs1. The number of amides is 1. The zero-order valence-corrected chi connectivity index (χ0v) is 13.3. The molecule has 118 valence electrons. The van der Waals surface area contributed by atoms with Gasteiger partial charge in [-0.2, -0.15) is 5.10 Å². The minimum atomic E-state index is -0.904. The summed E-state index contributed by atoms with van der Waals surface area (Å²) in [5.74, 6) is -0.798. The van der Waals surface area contributed by atoms with Gasteiger partial charge in [0.05, 0.1) is 12.6 Å². The second-order valence-electron chi connectivity index (χ2n) is 5.32. The second kappa shape index (κ2) is 7.22. The Hall–Kier alpha value is -2.15. The fourth-order valence-electron chi connectivity index (χ4n) is 2.25. The van der Waals surface area contributed by atoms with Gasteiger partial charge in [-0.05, 0) is 25.3 Å². The number of carboxylic acids is 1. The van der Waals surface area contributed by atoms with Crippen molar-refractivity contribution in [3.8, 4) is 0 Å². The normalized spacial score (nSPS) is 12.3. The number of aliphatic carboxylic acids is 1. The second-order valence-corrected chi connectivity index (χ2v) is 6.30. The van der Waals surface area contributed by atoms with Crippen molar-refractivity contribution >= 4 is 29.0 Å². The molecule has 1 amide bonds. The molecule has 0 aliphatic heterocycles. The zero-order chi connectivity index (χ0) is 16.1. The number of aromatic nitrogens is 2. The van der Waals surface area contributed by atoms with Gasteiger partial charge in [0.1, 0.15) is 5.82 Å². The topological polar surface area (TPSA) is 84.2 Å². The Labute approximate surface area is 132 Å². The largest absolute Gasteiger partial charge is 0.481 e. The summed E-state index contributed by atoms with van der Waals surface area (Å²) >= 11 is 1.47. The molecule has 1 unspecified atom stereocenters. The quantitative estimate of drug-likeness (QED) is 0.820. The van der Waals surface area contributed by atoms with Crippen molar-refractivity contribution in [2.45, 2.75) is 38.6 Å². The molecule has 0 aromatic carbocycles. The molecule has 7 heteroatoms. The third kappa shape index (κ3) is 4.17. The summed E-state index contributed by atoms with van der Waals surface area (Å²) in [6, 6.07) is 5.59. The van der Waals surface area contributed by atoms with Gasteiger partial charge in [-0.25, -0.2) is 4.68 Å². The van der Waals surface area contributed by atoms with Gasteiger partial charge in [0.25, 0.3) is 0 Å². The summed E-state index contributed by atoms with van der Waals surface area (Å²) in [7, 11) is 0. The molecule has 0 saturated carbocycles. The standard InChI is InChI=1S/C15H19N3O3S/c1-10(2)18-13(5-6-16-18)17-14(19)8-11(9-15(20)21)12-4-3-7-22-12/h3-7,10-11H,8-9H2,1-2H3,(H,17,19)(H,20,21). The van der Waals surface area contributed by atoms with Gasteiger partial charge in [-0.15, -0.1) is 11.3 Å². The molecule has 2 aromatic heterocycles. The van der Waals surface area contributed by atoms with Gasteiger partial charge in [0.15, 0.2) is 0 Å². The summed E-state index contributed by atoms with van der Waals surface area (Å²) in [5, 5.41) is 17.9. The molecule has 6 nitrogen and oxygen atoms in total. The number of thiophene rings is 1. The van der Waals surface area contributed by atoms with Crippen LogP contribution in [0.25, 0.3) is 0 Å². The fraction of sp³-hybridized carbons (Fsp3) is 0.400. The third-order valence-electron chi connectivity index (χ3n) is 3.23. The maximum Gasteiger partial charge on any atom is 0.304 e. The average molecular weight is 321 g/mol. The van der Waals surface area contributed by atoms with Gasteiger partial charge in [0.2, 0.25) is 5.91 Å². The van der Waals surface area contributed by atoms with Crippen LogP contribution in [0.4, 0.5) is 5.82 Å². The monoisotopic (exact) mass is 321 g/mol. The lowest BCUT2D eigenvalue weighted by molar-refractivity contribution is -0.137. The Bertz CT molecular complexity index is 634. The predicted molar refractivity (Wildman–Crippen MR) is 85.2 cm³/mol. The molecule has 0 bridgehead atoms. The molecule has 22 heavy (non-hydrogen) atoms. The smallest absolute Gasteiger partial charge is 0.304 e. The van der Waals surface area contributed by atoms with Gasteiger partial charge in [-0.1, -0.05) is 6.07 Å². The first-order valence-electron chi connectivity index (χ1n) is 7.06. The Morgan fingerprint density at radius 2 is 2.14 bits per heavy atom. The number of carbonyl (C=O) groups excluding carboxylic acids is 1. The molecule has 0 aliphatic rings. The van der Waals surface area contributed by atoms with Crippen molar-refractivity contribution in [2.75, 3.05) is 5.32 Å². The Kier molecular flexibility index (Phi) is 5.32. The van der Waals surface area contributed by atoms with Crippen LogP contribution in [-0.2, 0) is 9.59 Å². The molecule has 0 saturated heterocycles. The van der Waals surface area contributed by atoms with E-state index in [1.165, 1.54) is 11.3 Å². The first-order valence-corrected chi connectivity index (χ1v) is 7.94. The van der Waals surface area contributed by atoms with Crippen LogP contribution in [0.1, 0.15) is 43.5 Å². The van der Waals surface area contributed by atoms with Crippen molar-refractivity contribution in [3.63, 3.8) is 0 Å². The summed E-state index contributed by atoms with van der Waals surface area (Å²) < 4.78 is 1.72. The van der Waals surface area contributed by atoms with E-state index in [1.54, 1.807) is 16.9 Å². The van der Waals surface area contributed by atoms with E-state index in [-0.39, 0.29) is 30.7 Å². The van der Waals surface area contributed by atoms with Gasteiger partial charge in [-0.3, -0.25) is 9.59 Å². The maximum atomic E-state index is 12.2. The van der Waals surface area contributed by atoms with Gasteiger partial charge < -0.3 is 10.4 Å². The lowest BCUT2D eigenvalue weighted by Crippen LogP contribution is -2.19. The van der Waals surface area contributed by atoms with E-state index in [4.69, 9.17) is 5.11 Å². The highest BCUT2D eigenvalue weighted by Crippen LogP contribution is 2.28. The van der Waals surface area contributed by atoms with Crippen LogP contribution >= 0.6 is 11.3 Å². The summed E-state index contributed by atoms with van der Waals surface area (Å²) in [4.78, 5) is 24.1. The number of carboxylic acid groups (broad SMARTS) is 1. The lowest BCUT2D eigenvalue weighted by Gasteiger charge is -2.15. The third-order valence-corrected chi connectivity index (χ3v) is 4.26. The molecular formula is C15H19N3O3S. The number of hydrogen-bond donors (Lipinski definition) is 2. The zero-order valence-electron chi connectivity index (χ0n) is 12.5. The van der Waals surface area contributed by atoms with Crippen molar-refractivity contribution in [3.05, 3.63) is 34.7 Å². The number of carbonyl (C=O) groups is 2. The van der Waals surface area contributed by atoms with Gasteiger partial charge in [0, 0.05) is 29.3 Å². The van der Waals surface area contributed by atoms with E-state index >= 15 is 0 Å². The number of hydrogen-bond acceptors (Lipinski definition) is 4. The van der Waals surface area contributed by atoms with E-state index in [1.807, 2.05) is 31.4 Å². The summed E-state index contributed by atoms with van der Waals surface area (Å²) in [6.45, 7) is 3.95. The number of rotatable bonds is 7. The van der Waals surface area contributed by atoms with Crippen molar-refractivity contribution in [1.82, 2.24) is 9.78 Å². The van der Waals surface area contributed by atoms with Crippen molar-refractivity contribution in [2.24, 2.45) is 0 Å². The molecule has 0 spiro atoms. The van der Waals surface area contributed by atoms with Crippen LogP contribution in [-0.4, -0.2) is 26.8 Å². The highest BCUT2D eigenvalue weighted by atomic mass is 32.1. The maximum absolute atomic E-state index is 12.2. The highest BCUT2D eigenvalue weighted by molar-refractivity contribution is 7.10. The Balaban J connectivity index is 2.05. The van der Waals surface area contributed by atoms with Crippen molar-refractivity contribution in [1.29, 1.82) is 0 Å². The number of nitrogens with one attached hydrogen (secondary N) is 1. The van der Waals surface area contributed by atoms with E-state index in [9.17, 15) is 9.59 Å². The molecule has 0 aliphatic carbocycles. The molecular weight excluding hydrogens is 302 g/mol. The van der Waals surface area contributed by atoms with Crippen LogP contribution in [0, 0.1) is 0 Å². The lowest BCUT2D eigenvalue weighted by atomic mass is 9.99. The van der Waals surface area contributed by atoms with Crippen molar-refractivity contribution < 1.29 is 14.7 Å². The summed E-state index contributed by atoms with van der Waals surface area (Å²) in [5.41, 5.74) is 0.